The highest BCUT2D eigenvalue weighted by Crippen LogP contribution is 2.17. The Morgan fingerprint density at radius 2 is 1.59 bits per heavy atom. The lowest BCUT2D eigenvalue weighted by Gasteiger charge is -2.15. The molecule has 0 spiro atoms. The Morgan fingerprint density at radius 1 is 0.963 bits per heavy atom. The predicted octanol–water partition coefficient (Wildman–Crippen LogP) is 3.43. The van der Waals surface area contributed by atoms with Crippen LogP contribution in [0.3, 0.4) is 0 Å². The van der Waals surface area contributed by atoms with Gasteiger partial charge in [-0.15, -0.1) is 0 Å². The predicted molar refractivity (Wildman–Crippen MR) is 108 cm³/mol. The molecule has 5 nitrogen and oxygen atoms in total. The molecule has 2 aromatic rings. The zero-order valence-electron chi connectivity index (χ0n) is 16.1. The summed E-state index contributed by atoms with van der Waals surface area (Å²) in [5.41, 5.74) is 1.84. The smallest absolute Gasteiger partial charge is 0.241 e. The van der Waals surface area contributed by atoms with E-state index in [-0.39, 0.29) is 16.8 Å². The van der Waals surface area contributed by atoms with Gasteiger partial charge in [0.1, 0.15) is 0 Å². The standard InChI is InChI=1S/C21H28N2O3S/c1-16(2)15-22-21(24)14-11-18-9-12-20(13-10-18)27(25,26)23-17(3)19-7-5-4-6-8-19/h4-10,12-13,16-17,23H,11,14-15H2,1-3H3,(H,22,24). The summed E-state index contributed by atoms with van der Waals surface area (Å²) in [5.74, 6) is 0.433. The van der Waals surface area contributed by atoms with Crippen molar-refractivity contribution < 1.29 is 13.2 Å². The van der Waals surface area contributed by atoms with Gasteiger partial charge >= 0.3 is 0 Å². The van der Waals surface area contributed by atoms with Crippen molar-refractivity contribution in [2.24, 2.45) is 5.92 Å². The Labute approximate surface area is 162 Å². The minimum absolute atomic E-state index is 0.0127. The number of aryl methyl sites for hydroxylation is 1. The van der Waals surface area contributed by atoms with E-state index in [0.717, 1.165) is 11.1 Å². The molecular formula is C21H28N2O3S. The Morgan fingerprint density at radius 3 is 2.19 bits per heavy atom. The number of nitrogens with one attached hydrogen (secondary N) is 2. The van der Waals surface area contributed by atoms with Crippen LogP contribution in [0.2, 0.25) is 0 Å². The fourth-order valence-corrected chi connectivity index (χ4v) is 3.84. The molecule has 0 saturated carbocycles. The highest BCUT2D eigenvalue weighted by molar-refractivity contribution is 7.89. The highest BCUT2D eigenvalue weighted by Gasteiger charge is 2.18. The van der Waals surface area contributed by atoms with Crippen LogP contribution in [0.1, 0.15) is 44.4 Å². The molecule has 0 radical (unpaired) electrons. The number of hydrogen-bond acceptors (Lipinski definition) is 3. The van der Waals surface area contributed by atoms with Crippen LogP contribution in [-0.2, 0) is 21.2 Å². The van der Waals surface area contributed by atoms with Gasteiger partial charge in [-0.1, -0.05) is 56.3 Å². The monoisotopic (exact) mass is 388 g/mol. The summed E-state index contributed by atoms with van der Waals surface area (Å²) in [7, 11) is -3.60. The number of hydrogen-bond donors (Lipinski definition) is 2. The second kappa shape index (κ2) is 9.67. The van der Waals surface area contributed by atoms with Crippen LogP contribution >= 0.6 is 0 Å². The second-order valence-corrected chi connectivity index (χ2v) is 8.81. The summed E-state index contributed by atoms with van der Waals surface area (Å²) >= 11 is 0. The van der Waals surface area contributed by atoms with Crippen molar-refractivity contribution in [1.29, 1.82) is 0 Å². The van der Waals surface area contributed by atoms with Crippen LogP contribution in [0.5, 0.6) is 0 Å². The molecule has 1 amide bonds. The van der Waals surface area contributed by atoms with Crippen LogP contribution in [0.25, 0.3) is 0 Å². The van der Waals surface area contributed by atoms with Gasteiger partial charge in [0.25, 0.3) is 0 Å². The highest BCUT2D eigenvalue weighted by atomic mass is 32.2. The summed E-state index contributed by atoms with van der Waals surface area (Å²) in [4.78, 5) is 12.0. The van der Waals surface area contributed by atoms with E-state index in [2.05, 4.69) is 10.0 Å². The summed E-state index contributed by atoms with van der Waals surface area (Å²) in [6.07, 6.45) is 0.972. The number of sulfonamides is 1. The van der Waals surface area contributed by atoms with Gasteiger partial charge < -0.3 is 5.32 Å². The molecule has 0 heterocycles. The minimum atomic E-state index is -3.60. The minimum Gasteiger partial charge on any atom is -0.356 e. The molecule has 0 aliphatic heterocycles. The van der Waals surface area contributed by atoms with Crippen LogP contribution in [0, 0.1) is 5.92 Å². The number of benzene rings is 2. The third kappa shape index (κ3) is 6.81. The molecule has 0 aromatic heterocycles. The third-order valence-electron chi connectivity index (χ3n) is 4.21. The van der Waals surface area contributed by atoms with E-state index in [1.807, 2.05) is 51.1 Å². The van der Waals surface area contributed by atoms with Crippen LogP contribution in [0.4, 0.5) is 0 Å². The molecule has 2 N–H and O–H groups in total. The van der Waals surface area contributed by atoms with E-state index in [1.54, 1.807) is 24.3 Å². The van der Waals surface area contributed by atoms with Crippen molar-refractivity contribution in [2.45, 2.75) is 44.6 Å². The lowest BCUT2D eigenvalue weighted by atomic mass is 10.1. The maximum atomic E-state index is 12.6. The van der Waals surface area contributed by atoms with Gasteiger partial charge in [0.2, 0.25) is 15.9 Å². The zero-order chi connectivity index (χ0) is 19.9. The van der Waals surface area contributed by atoms with Crippen molar-refractivity contribution >= 4 is 15.9 Å². The normalized spacial score (nSPS) is 12.7. The van der Waals surface area contributed by atoms with Gasteiger partial charge in [0, 0.05) is 19.0 Å². The zero-order valence-corrected chi connectivity index (χ0v) is 16.9. The summed E-state index contributed by atoms with van der Waals surface area (Å²) in [5, 5.41) is 2.88. The van der Waals surface area contributed by atoms with Gasteiger partial charge in [0.05, 0.1) is 4.90 Å². The van der Waals surface area contributed by atoms with Crippen LogP contribution in [-0.4, -0.2) is 20.9 Å². The second-order valence-electron chi connectivity index (χ2n) is 7.10. The summed E-state index contributed by atoms with van der Waals surface area (Å²) < 4.78 is 27.8. The lowest BCUT2D eigenvalue weighted by molar-refractivity contribution is -0.121. The van der Waals surface area contributed by atoms with Crippen molar-refractivity contribution in [3.63, 3.8) is 0 Å². The third-order valence-corrected chi connectivity index (χ3v) is 5.77. The molecule has 1 atom stereocenters. The van der Waals surface area contributed by atoms with E-state index in [0.29, 0.717) is 25.3 Å². The molecule has 0 bridgehead atoms. The average Bonchev–Trinajstić information content (AvgIpc) is 2.65. The van der Waals surface area contributed by atoms with Gasteiger partial charge in [-0.3, -0.25) is 4.79 Å². The van der Waals surface area contributed by atoms with Gasteiger partial charge in [-0.05, 0) is 42.5 Å². The first-order valence-electron chi connectivity index (χ1n) is 9.21. The van der Waals surface area contributed by atoms with E-state index < -0.39 is 10.0 Å². The van der Waals surface area contributed by atoms with Crippen LogP contribution in [0.15, 0.2) is 59.5 Å². The maximum absolute atomic E-state index is 12.6. The van der Waals surface area contributed by atoms with Crippen molar-refractivity contribution in [3.05, 3.63) is 65.7 Å². The Kier molecular flexibility index (Phi) is 7.56. The largest absolute Gasteiger partial charge is 0.356 e. The Balaban J connectivity index is 1.94. The van der Waals surface area contributed by atoms with E-state index in [1.165, 1.54) is 0 Å². The molecular weight excluding hydrogens is 360 g/mol. The fourth-order valence-electron chi connectivity index (χ4n) is 2.61. The number of carbonyl (C=O) groups is 1. The van der Waals surface area contributed by atoms with Gasteiger partial charge in [0.15, 0.2) is 0 Å². The summed E-state index contributed by atoms with van der Waals surface area (Å²) in [6, 6.07) is 15.8. The molecule has 2 rings (SSSR count). The topological polar surface area (TPSA) is 75.3 Å². The van der Waals surface area contributed by atoms with Gasteiger partial charge in [-0.25, -0.2) is 13.1 Å². The lowest BCUT2D eigenvalue weighted by Crippen LogP contribution is -2.27. The first-order chi connectivity index (χ1) is 12.8. The summed E-state index contributed by atoms with van der Waals surface area (Å²) in [6.45, 7) is 6.58. The van der Waals surface area contributed by atoms with Gasteiger partial charge in [-0.2, -0.15) is 0 Å². The Hall–Kier alpha value is -2.18. The first-order valence-corrected chi connectivity index (χ1v) is 10.7. The fraction of sp³-hybridized carbons (Fsp3) is 0.381. The maximum Gasteiger partial charge on any atom is 0.241 e. The van der Waals surface area contributed by atoms with E-state index >= 15 is 0 Å². The van der Waals surface area contributed by atoms with Crippen molar-refractivity contribution in [2.75, 3.05) is 6.54 Å². The molecule has 6 heteroatoms. The molecule has 0 fully saturated rings. The SMILES string of the molecule is CC(C)CNC(=O)CCc1ccc(S(=O)(=O)NC(C)c2ccccc2)cc1. The molecule has 27 heavy (non-hydrogen) atoms. The molecule has 0 aliphatic rings. The van der Waals surface area contributed by atoms with Crippen molar-refractivity contribution in [1.82, 2.24) is 10.0 Å². The van der Waals surface area contributed by atoms with E-state index in [9.17, 15) is 13.2 Å². The average molecular weight is 389 g/mol. The van der Waals surface area contributed by atoms with Crippen LogP contribution < -0.4 is 10.0 Å². The van der Waals surface area contributed by atoms with E-state index in [4.69, 9.17) is 0 Å². The Bertz CT molecular complexity index is 831. The number of rotatable bonds is 9. The van der Waals surface area contributed by atoms with Crippen molar-refractivity contribution in [3.8, 4) is 0 Å². The molecule has 146 valence electrons. The molecule has 2 aromatic carbocycles. The quantitative estimate of drug-likeness (QED) is 0.691. The molecule has 0 aliphatic carbocycles. The number of carbonyl (C=O) groups excluding carboxylic acids is 1. The molecule has 0 saturated heterocycles. The molecule has 1 unspecified atom stereocenters. The number of amides is 1. The first kappa shape index (κ1) is 21.1.